The van der Waals surface area contributed by atoms with Crippen molar-refractivity contribution in [3.05, 3.63) is 59.7 Å². The highest BCUT2D eigenvalue weighted by Crippen LogP contribution is 2.26. The van der Waals surface area contributed by atoms with Gasteiger partial charge in [-0.1, -0.05) is 48.9 Å². The van der Waals surface area contributed by atoms with Gasteiger partial charge in [-0.05, 0) is 45.3 Å². The van der Waals surface area contributed by atoms with Crippen LogP contribution in [0.15, 0.2) is 48.5 Å². The fourth-order valence-electron chi connectivity index (χ4n) is 3.90. The van der Waals surface area contributed by atoms with E-state index >= 15 is 0 Å². The summed E-state index contributed by atoms with van der Waals surface area (Å²) in [4.78, 5) is 19.6. The summed E-state index contributed by atoms with van der Waals surface area (Å²) < 4.78 is 0. The second kappa shape index (κ2) is 10.5. The number of urea groups is 1. The van der Waals surface area contributed by atoms with Crippen molar-refractivity contribution in [3.8, 4) is 0 Å². The van der Waals surface area contributed by atoms with Crippen LogP contribution in [0.2, 0.25) is 0 Å². The lowest BCUT2D eigenvalue weighted by Crippen LogP contribution is -2.46. The van der Waals surface area contributed by atoms with Crippen molar-refractivity contribution < 1.29 is 4.79 Å². The standard InChI is InChI=1S/C24H35N5O/c1-5-28-14-16-29(17-15-28)22-9-7-6-8-21(22)26-24(30)25-18-23(27(3)4)20-12-10-19(2)11-13-20/h6-13,23H,5,14-18H2,1-4H3,(H2,25,26,30). The van der Waals surface area contributed by atoms with E-state index in [2.05, 4.69) is 69.5 Å². The number of amides is 2. The average Bonchev–Trinajstić information content (AvgIpc) is 2.75. The van der Waals surface area contributed by atoms with Crippen molar-refractivity contribution in [2.24, 2.45) is 0 Å². The van der Waals surface area contributed by atoms with E-state index in [-0.39, 0.29) is 12.1 Å². The molecule has 3 rings (SSSR count). The number of hydrogen-bond acceptors (Lipinski definition) is 4. The van der Waals surface area contributed by atoms with Gasteiger partial charge in [-0.2, -0.15) is 0 Å². The van der Waals surface area contributed by atoms with E-state index in [1.807, 2.05) is 32.3 Å². The first-order valence-electron chi connectivity index (χ1n) is 10.8. The van der Waals surface area contributed by atoms with Crippen molar-refractivity contribution in [3.63, 3.8) is 0 Å². The van der Waals surface area contributed by atoms with Gasteiger partial charge in [0.1, 0.15) is 0 Å². The molecule has 1 unspecified atom stereocenters. The predicted octanol–water partition coefficient (Wildman–Crippen LogP) is 3.56. The largest absolute Gasteiger partial charge is 0.367 e. The molecule has 0 aromatic heterocycles. The van der Waals surface area contributed by atoms with Gasteiger partial charge >= 0.3 is 6.03 Å². The number of nitrogens with one attached hydrogen (secondary N) is 2. The molecule has 2 N–H and O–H groups in total. The molecule has 30 heavy (non-hydrogen) atoms. The summed E-state index contributed by atoms with van der Waals surface area (Å²) in [5, 5.41) is 6.12. The zero-order valence-electron chi connectivity index (χ0n) is 18.7. The number of nitrogens with zero attached hydrogens (tertiary/aromatic N) is 3. The molecule has 1 saturated heterocycles. The Bertz CT molecular complexity index is 813. The number of hydrogen-bond donors (Lipinski definition) is 2. The van der Waals surface area contributed by atoms with E-state index in [1.165, 1.54) is 11.1 Å². The molecule has 1 fully saturated rings. The van der Waals surface area contributed by atoms with E-state index < -0.39 is 0 Å². The van der Waals surface area contributed by atoms with Crippen LogP contribution in [0.4, 0.5) is 16.2 Å². The Hall–Kier alpha value is -2.57. The molecule has 162 valence electrons. The van der Waals surface area contributed by atoms with E-state index in [4.69, 9.17) is 0 Å². The molecule has 1 aliphatic rings. The van der Waals surface area contributed by atoms with E-state index in [9.17, 15) is 4.79 Å². The molecule has 1 heterocycles. The molecule has 6 heteroatoms. The molecule has 0 spiro atoms. The predicted molar refractivity (Wildman–Crippen MR) is 125 cm³/mol. The van der Waals surface area contributed by atoms with Gasteiger partial charge in [-0.15, -0.1) is 0 Å². The Balaban J connectivity index is 1.61. The first kappa shape index (κ1) is 22.1. The summed E-state index contributed by atoms with van der Waals surface area (Å²) in [5.74, 6) is 0. The zero-order valence-corrected chi connectivity index (χ0v) is 18.7. The summed E-state index contributed by atoms with van der Waals surface area (Å²) >= 11 is 0. The lowest BCUT2D eigenvalue weighted by atomic mass is 10.0. The second-order valence-electron chi connectivity index (χ2n) is 8.16. The van der Waals surface area contributed by atoms with Crippen LogP contribution < -0.4 is 15.5 Å². The molecule has 0 radical (unpaired) electrons. The van der Waals surface area contributed by atoms with Crippen LogP contribution >= 0.6 is 0 Å². The third-order valence-electron chi connectivity index (χ3n) is 5.85. The Labute approximate surface area is 180 Å². The van der Waals surface area contributed by atoms with Gasteiger partial charge in [-0.3, -0.25) is 0 Å². The first-order valence-corrected chi connectivity index (χ1v) is 10.8. The number of piperazine rings is 1. The number of rotatable bonds is 7. The lowest BCUT2D eigenvalue weighted by molar-refractivity contribution is 0.243. The average molecular weight is 410 g/mol. The van der Waals surface area contributed by atoms with Crippen LogP contribution in [0.1, 0.15) is 24.1 Å². The third kappa shape index (κ3) is 5.74. The van der Waals surface area contributed by atoms with Gasteiger partial charge in [-0.25, -0.2) is 4.79 Å². The van der Waals surface area contributed by atoms with Gasteiger partial charge in [0.2, 0.25) is 0 Å². The zero-order chi connectivity index (χ0) is 21.5. The molecule has 2 aromatic carbocycles. The number of aryl methyl sites for hydroxylation is 1. The normalized spacial score (nSPS) is 15.8. The number of likely N-dealkylation sites (N-methyl/N-ethyl adjacent to an activating group) is 2. The Morgan fingerprint density at radius 3 is 2.33 bits per heavy atom. The van der Waals surface area contributed by atoms with Crippen LogP contribution in [-0.4, -0.2) is 69.2 Å². The monoisotopic (exact) mass is 409 g/mol. The Morgan fingerprint density at radius 2 is 1.70 bits per heavy atom. The van der Waals surface area contributed by atoms with Crippen molar-refractivity contribution >= 4 is 17.4 Å². The first-order chi connectivity index (χ1) is 14.5. The summed E-state index contributed by atoms with van der Waals surface area (Å²) in [5.41, 5.74) is 4.38. The topological polar surface area (TPSA) is 50.9 Å². The van der Waals surface area contributed by atoms with Crippen molar-refractivity contribution in [2.75, 3.05) is 63.6 Å². The minimum Gasteiger partial charge on any atom is -0.367 e. The molecule has 1 aliphatic heterocycles. The second-order valence-corrected chi connectivity index (χ2v) is 8.16. The number of anilines is 2. The fraction of sp³-hybridized carbons (Fsp3) is 0.458. The van der Waals surface area contributed by atoms with Gasteiger partial charge in [0, 0.05) is 32.7 Å². The van der Waals surface area contributed by atoms with Crippen molar-refractivity contribution in [1.29, 1.82) is 0 Å². The molecule has 6 nitrogen and oxygen atoms in total. The number of carbonyl (C=O) groups excluding carboxylic acids is 1. The smallest absolute Gasteiger partial charge is 0.319 e. The highest BCUT2D eigenvalue weighted by Gasteiger charge is 2.19. The maximum atomic E-state index is 12.7. The van der Waals surface area contributed by atoms with Gasteiger partial charge in [0.15, 0.2) is 0 Å². The highest BCUT2D eigenvalue weighted by atomic mass is 16.2. The van der Waals surface area contributed by atoms with Crippen molar-refractivity contribution in [2.45, 2.75) is 19.9 Å². The SMILES string of the molecule is CCN1CCN(c2ccccc2NC(=O)NCC(c2ccc(C)cc2)N(C)C)CC1. The minimum atomic E-state index is -0.173. The van der Waals surface area contributed by atoms with Crippen LogP contribution in [0.3, 0.4) is 0 Å². The molecule has 0 aliphatic carbocycles. The Morgan fingerprint density at radius 1 is 1.03 bits per heavy atom. The van der Waals surface area contributed by atoms with E-state index in [1.54, 1.807) is 0 Å². The highest BCUT2D eigenvalue weighted by molar-refractivity contribution is 5.93. The third-order valence-corrected chi connectivity index (χ3v) is 5.85. The van der Waals surface area contributed by atoms with Crippen LogP contribution in [0, 0.1) is 6.92 Å². The summed E-state index contributed by atoms with van der Waals surface area (Å²) in [7, 11) is 4.07. The molecular weight excluding hydrogens is 374 g/mol. The van der Waals surface area contributed by atoms with E-state index in [0.717, 1.165) is 44.1 Å². The number of benzene rings is 2. The molecular formula is C24H35N5O. The number of para-hydroxylation sites is 2. The van der Waals surface area contributed by atoms with Crippen molar-refractivity contribution in [1.82, 2.24) is 15.1 Å². The minimum absolute atomic E-state index is 0.119. The quantitative estimate of drug-likeness (QED) is 0.734. The summed E-state index contributed by atoms with van der Waals surface area (Å²) in [6, 6.07) is 16.5. The van der Waals surface area contributed by atoms with Gasteiger partial charge in [0.05, 0.1) is 17.4 Å². The van der Waals surface area contributed by atoms with Gasteiger partial charge < -0.3 is 25.3 Å². The number of carbonyl (C=O) groups is 1. The molecule has 1 atom stereocenters. The fourth-order valence-corrected chi connectivity index (χ4v) is 3.90. The van der Waals surface area contributed by atoms with Crippen LogP contribution in [-0.2, 0) is 0 Å². The van der Waals surface area contributed by atoms with Crippen LogP contribution in [0.5, 0.6) is 0 Å². The van der Waals surface area contributed by atoms with Gasteiger partial charge in [0.25, 0.3) is 0 Å². The molecule has 2 aromatic rings. The summed E-state index contributed by atoms with van der Waals surface area (Å²) in [6.45, 7) is 9.97. The summed E-state index contributed by atoms with van der Waals surface area (Å²) in [6.07, 6.45) is 0. The maximum absolute atomic E-state index is 12.7. The van der Waals surface area contributed by atoms with Crippen LogP contribution in [0.25, 0.3) is 0 Å². The molecule has 2 amide bonds. The molecule has 0 saturated carbocycles. The van der Waals surface area contributed by atoms with E-state index in [0.29, 0.717) is 6.54 Å². The Kier molecular flexibility index (Phi) is 7.71. The maximum Gasteiger partial charge on any atom is 0.319 e. The lowest BCUT2D eigenvalue weighted by Gasteiger charge is -2.36. The molecule has 0 bridgehead atoms.